The molecule has 1 aliphatic rings. The van der Waals surface area contributed by atoms with Gasteiger partial charge in [0.1, 0.15) is 23.2 Å². The second-order valence-electron chi connectivity index (χ2n) is 8.10. The van der Waals surface area contributed by atoms with E-state index < -0.39 is 6.10 Å². The number of hydrogen-bond acceptors (Lipinski definition) is 4. The molecule has 4 nitrogen and oxygen atoms in total. The van der Waals surface area contributed by atoms with Gasteiger partial charge in [-0.25, -0.2) is 0 Å². The Morgan fingerprint density at radius 1 is 0.969 bits per heavy atom. The van der Waals surface area contributed by atoms with Gasteiger partial charge in [-0.2, -0.15) is 0 Å². The lowest BCUT2D eigenvalue weighted by Gasteiger charge is -2.27. The Morgan fingerprint density at radius 2 is 1.75 bits per heavy atom. The second kappa shape index (κ2) is 9.01. The summed E-state index contributed by atoms with van der Waals surface area (Å²) in [6.07, 6.45) is 2.48. The molecule has 0 bridgehead atoms. The molecule has 4 aromatic rings. The van der Waals surface area contributed by atoms with E-state index in [1.165, 1.54) is 5.56 Å². The van der Waals surface area contributed by atoms with Crippen LogP contribution in [0.1, 0.15) is 42.6 Å². The summed E-state index contributed by atoms with van der Waals surface area (Å²) in [4.78, 5) is 13.7. The third kappa shape index (κ3) is 3.82. The summed E-state index contributed by atoms with van der Waals surface area (Å²) in [5.74, 6) is 1.36. The van der Waals surface area contributed by atoms with E-state index >= 15 is 0 Å². The molecule has 0 radical (unpaired) electrons. The number of unbranched alkanes of at least 4 members (excludes halogenated alkanes) is 1. The summed E-state index contributed by atoms with van der Waals surface area (Å²) in [6.45, 7) is 3.40. The van der Waals surface area contributed by atoms with Crippen molar-refractivity contribution in [1.82, 2.24) is 0 Å². The van der Waals surface area contributed by atoms with Crippen molar-refractivity contribution >= 4 is 11.0 Å². The molecule has 1 unspecified atom stereocenters. The van der Waals surface area contributed by atoms with Crippen molar-refractivity contribution in [1.29, 1.82) is 0 Å². The van der Waals surface area contributed by atoms with Crippen molar-refractivity contribution in [3.05, 3.63) is 99.7 Å². The van der Waals surface area contributed by atoms with Crippen LogP contribution in [0.2, 0.25) is 0 Å². The van der Waals surface area contributed by atoms with Gasteiger partial charge in [-0.3, -0.25) is 4.79 Å². The average molecular weight is 427 g/mol. The smallest absolute Gasteiger partial charge is 0.199 e. The molecule has 0 spiro atoms. The SMILES string of the molecule is CCCCOc1ccc(-c2oc3ccccc3c(=O)c2C2OCCc3ccccc32)cc1. The first-order valence-corrected chi connectivity index (χ1v) is 11.2. The zero-order chi connectivity index (χ0) is 21.9. The van der Waals surface area contributed by atoms with Gasteiger partial charge in [0.05, 0.1) is 24.2 Å². The summed E-state index contributed by atoms with van der Waals surface area (Å²) < 4.78 is 18.3. The van der Waals surface area contributed by atoms with Crippen LogP contribution in [0.15, 0.2) is 82.0 Å². The number of benzene rings is 3. The Hall–Kier alpha value is -3.37. The van der Waals surface area contributed by atoms with Gasteiger partial charge in [0.2, 0.25) is 0 Å². The first-order chi connectivity index (χ1) is 15.8. The Morgan fingerprint density at radius 3 is 2.59 bits per heavy atom. The maximum atomic E-state index is 13.7. The average Bonchev–Trinajstić information content (AvgIpc) is 2.84. The van der Waals surface area contributed by atoms with Crippen LogP contribution in [-0.4, -0.2) is 13.2 Å². The van der Waals surface area contributed by atoms with Gasteiger partial charge in [0.25, 0.3) is 0 Å². The summed E-state index contributed by atoms with van der Waals surface area (Å²) >= 11 is 0. The predicted molar refractivity (Wildman–Crippen MR) is 126 cm³/mol. The molecule has 0 saturated heterocycles. The zero-order valence-corrected chi connectivity index (χ0v) is 18.2. The highest BCUT2D eigenvalue weighted by atomic mass is 16.5. The molecule has 5 rings (SSSR count). The Bertz CT molecular complexity index is 1290. The fourth-order valence-corrected chi connectivity index (χ4v) is 4.28. The number of ether oxygens (including phenoxy) is 2. The van der Waals surface area contributed by atoms with Gasteiger partial charge in [0.15, 0.2) is 5.43 Å². The summed E-state index contributed by atoms with van der Waals surface area (Å²) in [6, 6.07) is 23.3. The molecule has 0 amide bonds. The molecule has 32 heavy (non-hydrogen) atoms. The topological polar surface area (TPSA) is 48.7 Å². The van der Waals surface area contributed by atoms with Crippen LogP contribution < -0.4 is 10.2 Å². The molecule has 1 aliphatic heterocycles. The van der Waals surface area contributed by atoms with Gasteiger partial charge in [-0.15, -0.1) is 0 Å². The fraction of sp³-hybridized carbons (Fsp3) is 0.250. The van der Waals surface area contributed by atoms with Gasteiger partial charge >= 0.3 is 0 Å². The van der Waals surface area contributed by atoms with Crippen LogP contribution in [0.4, 0.5) is 0 Å². The molecule has 0 fully saturated rings. The zero-order valence-electron chi connectivity index (χ0n) is 18.2. The Balaban J connectivity index is 1.65. The van der Waals surface area contributed by atoms with Crippen LogP contribution >= 0.6 is 0 Å². The normalized spacial score (nSPS) is 15.5. The maximum Gasteiger partial charge on any atom is 0.199 e. The minimum Gasteiger partial charge on any atom is -0.494 e. The van der Waals surface area contributed by atoms with E-state index in [1.54, 1.807) is 0 Å². The van der Waals surface area contributed by atoms with Crippen LogP contribution in [0.5, 0.6) is 5.75 Å². The lowest BCUT2D eigenvalue weighted by molar-refractivity contribution is 0.0687. The van der Waals surface area contributed by atoms with Gasteiger partial charge in [0, 0.05) is 5.56 Å². The first-order valence-electron chi connectivity index (χ1n) is 11.2. The van der Waals surface area contributed by atoms with E-state index in [-0.39, 0.29) is 5.43 Å². The van der Waals surface area contributed by atoms with Crippen molar-refractivity contribution < 1.29 is 13.9 Å². The third-order valence-corrected chi connectivity index (χ3v) is 5.97. The molecule has 4 heteroatoms. The molecule has 162 valence electrons. The molecule has 3 aromatic carbocycles. The highest BCUT2D eigenvalue weighted by Crippen LogP contribution is 2.38. The number of hydrogen-bond donors (Lipinski definition) is 0. The molecular weight excluding hydrogens is 400 g/mol. The van der Waals surface area contributed by atoms with Crippen LogP contribution in [0.3, 0.4) is 0 Å². The lowest BCUT2D eigenvalue weighted by Crippen LogP contribution is -2.24. The van der Waals surface area contributed by atoms with Gasteiger partial charge < -0.3 is 13.9 Å². The fourth-order valence-electron chi connectivity index (χ4n) is 4.28. The van der Waals surface area contributed by atoms with Crippen LogP contribution in [0.25, 0.3) is 22.3 Å². The molecule has 1 atom stereocenters. The largest absolute Gasteiger partial charge is 0.494 e. The third-order valence-electron chi connectivity index (χ3n) is 5.97. The van der Waals surface area contributed by atoms with Crippen LogP contribution in [-0.2, 0) is 11.2 Å². The van der Waals surface area contributed by atoms with E-state index in [1.807, 2.05) is 66.7 Å². The van der Waals surface area contributed by atoms with Crippen molar-refractivity contribution in [2.24, 2.45) is 0 Å². The van der Waals surface area contributed by atoms with Crippen molar-refractivity contribution in [3.8, 4) is 17.1 Å². The van der Waals surface area contributed by atoms with E-state index in [0.29, 0.717) is 35.5 Å². The monoisotopic (exact) mass is 426 g/mol. The highest BCUT2D eigenvalue weighted by Gasteiger charge is 2.29. The number of rotatable bonds is 6. The maximum absolute atomic E-state index is 13.7. The minimum atomic E-state index is -0.462. The van der Waals surface area contributed by atoms with Crippen molar-refractivity contribution in [2.75, 3.05) is 13.2 Å². The predicted octanol–water partition coefficient (Wildman–Crippen LogP) is 6.30. The molecule has 0 saturated carbocycles. The Kier molecular flexibility index (Phi) is 5.78. The molecule has 1 aromatic heterocycles. The van der Waals surface area contributed by atoms with Crippen molar-refractivity contribution in [2.45, 2.75) is 32.3 Å². The highest BCUT2D eigenvalue weighted by molar-refractivity contribution is 5.81. The second-order valence-corrected chi connectivity index (χ2v) is 8.10. The van der Waals surface area contributed by atoms with Crippen molar-refractivity contribution in [3.63, 3.8) is 0 Å². The minimum absolute atomic E-state index is 0.0492. The van der Waals surface area contributed by atoms with E-state index in [2.05, 4.69) is 13.0 Å². The van der Waals surface area contributed by atoms with E-state index in [0.717, 1.165) is 36.1 Å². The van der Waals surface area contributed by atoms with Gasteiger partial charge in [-0.1, -0.05) is 49.7 Å². The molecule has 0 aliphatic carbocycles. The quantitative estimate of drug-likeness (QED) is 0.340. The van der Waals surface area contributed by atoms with E-state index in [9.17, 15) is 4.79 Å². The Labute approximate surface area is 187 Å². The molecule has 0 N–H and O–H groups in total. The standard InChI is InChI=1S/C28H26O4/c1-2-3-17-30-21-14-12-20(13-15-21)27-25(26(29)23-10-6-7-11-24(23)32-27)28-22-9-5-4-8-19(22)16-18-31-28/h4-15,28H,2-3,16-18H2,1H3. The summed E-state index contributed by atoms with van der Waals surface area (Å²) in [5.41, 5.74) is 4.15. The molecule has 2 heterocycles. The summed E-state index contributed by atoms with van der Waals surface area (Å²) in [7, 11) is 0. The first kappa shape index (κ1) is 20.5. The summed E-state index contributed by atoms with van der Waals surface area (Å²) in [5, 5.41) is 0.567. The number of para-hydroxylation sites is 1. The van der Waals surface area contributed by atoms with Gasteiger partial charge in [-0.05, 0) is 60.4 Å². The van der Waals surface area contributed by atoms with E-state index in [4.69, 9.17) is 13.9 Å². The molecular formula is C28H26O4. The van der Waals surface area contributed by atoms with Crippen LogP contribution in [0, 0.1) is 0 Å². The number of fused-ring (bicyclic) bond motifs is 2. The lowest BCUT2D eigenvalue weighted by atomic mass is 9.90.